The molecule has 4 nitrogen and oxygen atoms in total. The molecule has 0 spiro atoms. The summed E-state index contributed by atoms with van der Waals surface area (Å²) in [5.41, 5.74) is 0.297. The molecule has 1 aromatic heterocycles. The van der Waals surface area contributed by atoms with E-state index in [9.17, 15) is 18.0 Å². The minimum absolute atomic E-state index is 0.0839. The van der Waals surface area contributed by atoms with Crippen LogP contribution in [0.15, 0.2) is 22.6 Å². The number of rotatable bonds is 5. The molecular formula is C14H14F3NO3. The predicted octanol–water partition coefficient (Wildman–Crippen LogP) is 2.58. The molecule has 114 valence electrons. The van der Waals surface area contributed by atoms with Crippen LogP contribution in [0, 0.1) is 12.7 Å². The van der Waals surface area contributed by atoms with Gasteiger partial charge in [0.25, 0.3) is 12.3 Å². The zero-order chi connectivity index (χ0) is 15.6. The summed E-state index contributed by atoms with van der Waals surface area (Å²) in [7, 11) is 0. The van der Waals surface area contributed by atoms with Crippen LogP contribution in [0.5, 0.6) is 0 Å². The third-order valence-electron chi connectivity index (χ3n) is 3.13. The first kappa shape index (κ1) is 15.4. The van der Waals surface area contributed by atoms with Crippen molar-refractivity contribution in [1.29, 1.82) is 0 Å². The van der Waals surface area contributed by atoms with Crippen molar-refractivity contribution in [3.05, 3.63) is 35.3 Å². The molecule has 0 aliphatic carbocycles. The summed E-state index contributed by atoms with van der Waals surface area (Å²) in [6, 6.07) is 4.24. The van der Waals surface area contributed by atoms with E-state index in [0.29, 0.717) is 10.9 Å². The Kier molecular flexibility index (Phi) is 4.52. The van der Waals surface area contributed by atoms with Gasteiger partial charge in [-0.25, -0.2) is 13.2 Å². The van der Waals surface area contributed by atoms with Gasteiger partial charge in [0.05, 0.1) is 13.2 Å². The molecule has 1 aromatic carbocycles. The van der Waals surface area contributed by atoms with E-state index in [-0.39, 0.29) is 17.9 Å². The normalized spacial score (nSPS) is 11.3. The smallest absolute Gasteiger partial charge is 0.290 e. The average Bonchev–Trinajstić information content (AvgIpc) is 2.76. The molecule has 1 amide bonds. The van der Waals surface area contributed by atoms with Crippen molar-refractivity contribution in [2.24, 2.45) is 0 Å². The number of carbonyl (C=O) groups is 1. The lowest BCUT2D eigenvalue weighted by atomic mass is 10.1. The van der Waals surface area contributed by atoms with Crippen LogP contribution in [0.4, 0.5) is 13.2 Å². The van der Waals surface area contributed by atoms with Gasteiger partial charge < -0.3 is 14.4 Å². The number of carbonyl (C=O) groups excluding carboxylic acids is 1. The van der Waals surface area contributed by atoms with E-state index in [1.807, 2.05) is 0 Å². The van der Waals surface area contributed by atoms with Gasteiger partial charge in [-0.1, -0.05) is 12.1 Å². The molecule has 21 heavy (non-hydrogen) atoms. The molecule has 0 atom stereocenters. The maximum absolute atomic E-state index is 13.6. The highest BCUT2D eigenvalue weighted by molar-refractivity contribution is 5.99. The zero-order valence-electron chi connectivity index (χ0n) is 11.3. The lowest BCUT2D eigenvalue weighted by Crippen LogP contribution is -2.37. The molecule has 2 rings (SSSR count). The summed E-state index contributed by atoms with van der Waals surface area (Å²) in [6.07, 6.45) is -2.73. The van der Waals surface area contributed by atoms with Crippen LogP contribution in [0.25, 0.3) is 11.0 Å². The summed E-state index contributed by atoms with van der Waals surface area (Å²) in [4.78, 5) is 13.0. The Morgan fingerprint density at radius 2 is 2.14 bits per heavy atom. The molecule has 0 aliphatic rings. The molecular weight excluding hydrogens is 287 g/mol. The topological polar surface area (TPSA) is 53.7 Å². The summed E-state index contributed by atoms with van der Waals surface area (Å²) in [6.45, 7) is 0.0323. The molecule has 0 aliphatic heterocycles. The third kappa shape index (κ3) is 3.02. The van der Waals surface area contributed by atoms with Crippen LogP contribution in [-0.4, -0.2) is 42.0 Å². The van der Waals surface area contributed by atoms with Crippen LogP contribution in [-0.2, 0) is 0 Å². The number of furan rings is 1. The molecule has 0 bridgehead atoms. The number of aliphatic hydroxyl groups is 1. The van der Waals surface area contributed by atoms with E-state index < -0.39 is 31.3 Å². The van der Waals surface area contributed by atoms with Gasteiger partial charge in [0.2, 0.25) is 0 Å². The van der Waals surface area contributed by atoms with Gasteiger partial charge in [-0.15, -0.1) is 0 Å². The van der Waals surface area contributed by atoms with Crippen LogP contribution >= 0.6 is 0 Å². The van der Waals surface area contributed by atoms with Gasteiger partial charge in [0, 0.05) is 17.5 Å². The summed E-state index contributed by atoms with van der Waals surface area (Å²) in [5.74, 6) is -1.61. The number of hydrogen-bond donors (Lipinski definition) is 1. The summed E-state index contributed by atoms with van der Waals surface area (Å²) < 4.78 is 43.8. The highest BCUT2D eigenvalue weighted by Crippen LogP contribution is 2.28. The number of hydrogen-bond acceptors (Lipinski definition) is 3. The summed E-state index contributed by atoms with van der Waals surface area (Å²) >= 11 is 0. The maximum atomic E-state index is 13.6. The zero-order valence-corrected chi connectivity index (χ0v) is 11.3. The Morgan fingerprint density at radius 3 is 2.71 bits per heavy atom. The number of fused-ring (bicyclic) bond motifs is 1. The Morgan fingerprint density at radius 1 is 1.43 bits per heavy atom. The van der Waals surface area contributed by atoms with Gasteiger partial charge in [-0.2, -0.15) is 0 Å². The van der Waals surface area contributed by atoms with Crippen LogP contribution in [0.3, 0.4) is 0 Å². The number of para-hydroxylation sites is 1. The first-order valence-corrected chi connectivity index (χ1v) is 6.31. The molecule has 1 N–H and O–H groups in total. The Hall–Kier alpha value is -2.02. The fourth-order valence-electron chi connectivity index (χ4n) is 2.12. The Labute approximate surface area is 118 Å². The number of benzene rings is 1. The number of aryl methyl sites for hydroxylation is 1. The molecule has 2 aromatic rings. The van der Waals surface area contributed by atoms with Gasteiger partial charge in [-0.05, 0) is 13.0 Å². The summed E-state index contributed by atoms with van der Waals surface area (Å²) in [5, 5.41) is 9.29. The largest absolute Gasteiger partial charge is 0.448 e. The van der Waals surface area contributed by atoms with Crippen molar-refractivity contribution in [3.63, 3.8) is 0 Å². The van der Waals surface area contributed by atoms with Gasteiger partial charge >= 0.3 is 0 Å². The predicted molar refractivity (Wildman–Crippen MR) is 69.9 cm³/mol. The molecule has 0 saturated heterocycles. The third-order valence-corrected chi connectivity index (χ3v) is 3.13. The van der Waals surface area contributed by atoms with Crippen LogP contribution in [0.2, 0.25) is 0 Å². The van der Waals surface area contributed by atoms with E-state index >= 15 is 0 Å². The fraction of sp³-hybridized carbons (Fsp3) is 0.357. The fourth-order valence-corrected chi connectivity index (χ4v) is 2.12. The standard InChI is InChI=1S/C14H14F3NO3/c1-8-9-3-2-4-10(15)13(9)21-12(8)14(20)18(5-6-19)7-11(16)17/h2-4,11,19H,5-7H2,1H3. The molecule has 0 saturated carbocycles. The maximum Gasteiger partial charge on any atom is 0.290 e. The number of nitrogens with zero attached hydrogens (tertiary/aromatic N) is 1. The van der Waals surface area contributed by atoms with Crippen molar-refractivity contribution < 1.29 is 27.5 Å². The highest BCUT2D eigenvalue weighted by Gasteiger charge is 2.25. The number of halogens is 3. The van der Waals surface area contributed by atoms with Gasteiger partial charge in [0.15, 0.2) is 17.2 Å². The van der Waals surface area contributed by atoms with Gasteiger partial charge in [0.1, 0.15) is 0 Å². The van der Waals surface area contributed by atoms with E-state index in [1.54, 1.807) is 13.0 Å². The molecule has 0 fully saturated rings. The molecule has 1 heterocycles. The Balaban J connectivity index is 2.42. The first-order chi connectivity index (χ1) is 9.95. The quantitative estimate of drug-likeness (QED) is 0.923. The number of alkyl halides is 2. The highest BCUT2D eigenvalue weighted by atomic mass is 19.3. The van der Waals surface area contributed by atoms with Crippen LogP contribution in [0.1, 0.15) is 16.1 Å². The average molecular weight is 301 g/mol. The van der Waals surface area contributed by atoms with Crippen molar-refractivity contribution in [2.75, 3.05) is 19.7 Å². The lowest BCUT2D eigenvalue weighted by molar-refractivity contribution is 0.0484. The molecule has 7 heteroatoms. The van der Waals surface area contributed by atoms with Crippen LogP contribution < -0.4 is 0 Å². The first-order valence-electron chi connectivity index (χ1n) is 6.31. The van der Waals surface area contributed by atoms with Crippen molar-refractivity contribution in [1.82, 2.24) is 4.90 Å². The van der Waals surface area contributed by atoms with Crippen molar-refractivity contribution in [3.8, 4) is 0 Å². The lowest BCUT2D eigenvalue weighted by Gasteiger charge is -2.20. The van der Waals surface area contributed by atoms with Crippen molar-refractivity contribution >= 4 is 16.9 Å². The number of amides is 1. The number of aliphatic hydroxyl groups excluding tert-OH is 1. The monoisotopic (exact) mass is 301 g/mol. The van der Waals surface area contributed by atoms with Crippen molar-refractivity contribution in [2.45, 2.75) is 13.3 Å². The Bertz CT molecular complexity index is 654. The van der Waals surface area contributed by atoms with E-state index in [2.05, 4.69) is 0 Å². The van der Waals surface area contributed by atoms with Gasteiger partial charge in [-0.3, -0.25) is 4.79 Å². The van der Waals surface area contributed by atoms with E-state index in [4.69, 9.17) is 9.52 Å². The minimum Gasteiger partial charge on any atom is -0.448 e. The minimum atomic E-state index is -2.73. The second-order valence-corrected chi connectivity index (χ2v) is 4.54. The second-order valence-electron chi connectivity index (χ2n) is 4.54. The van der Waals surface area contributed by atoms with E-state index in [1.165, 1.54) is 12.1 Å². The SMILES string of the molecule is Cc1c(C(=O)N(CCO)CC(F)F)oc2c(F)cccc12. The molecule has 0 unspecified atom stereocenters. The molecule has 0 radical (unpaired) electrons. The second kappa shape index (κ2) is 6.17. The van der Waals surface area contributed by atoms with E-state index in [0.717, 1.165) is 4.90 Å².